The summed E-state index contributed by atoms with van der Waals surface area (Å²) in [4.78, 5) is 25.5. The molecule has 1 aromatic carbocycles. The van der Waals surface area contributed by atoms with Crippen molar-refractivity contribution in [3.05, 3.63) is 28.8 Å². The second-order valence-corrected chi connectivity index (χ2v) is 5.71. The summed E-state index contributed by atoms with van der Waals surface area (Å²) in [6.07, 6.45) is 3.80. The molecule has 2 rings (SSSR count). The highest BCUT2D eigenvalue weighted by Crippen LogP contribution is 2.23. The molecule has 1 saturated heterocycles. The molecule has 1 N–H and O–H groups in total. The lowest BCUT2D eigenvalue weighted by Crippen LogP contribution is -2.36. The molecule has 1 amide bonds. The number of amides is 1. The van der Waals surface area contributed by atoms with Crippen molar-refractivity contribution < 1.29 is 14.3 Å². The van der Waals surface area contributed by atoms with Gasteiger partial charge >= 0.3 is 5.97 Å². The van der Waals surface area contributed by atoms with Crippen LogP contribution in [0.1, 0.15) is 36.0 Å². The number of benzene rings is 1. The standard InChI is InChI=1S/C16H21ClN2O3/c1-22-16(21)12-5-6-13(17)14(11-12)18-8-7-15(20)19-9-3-2-4-10-19/h5-6,11,18H,2-4,7-10H2,1H3. The molecule has 0 atom stereocenters. The summed E-state index contributed by atoms with van der Waals surface area (Å²) < 4.78 is 4.68. The van der Waals surface area contributed by atoms with Crippen molar-refractivity contribution in [3.8, 4) is 0 Å². The number of nitrogens with zero attached hydrogens (tertiary/aromatic N) is 1. The number of hydrogen-bond acceptors (Lipinski definition) is 4. The van der Waals surface area contributed by atoms with Crippen LogP contribution in [0.15, 0.2) is 18.2 Å². The monoisotopic (exact) mass is 324 g/mol. The molecule has 0 aliphatic carbocycles. The average Bonchev–Trinajstić information content (AvgIpc) is 2.56. The molecule has 6 heteroatoms. The third kappa shape index (κ3) is 4.37. The Kier molecular flexibility index (Phi) is 6.07. The van der Waals surface area contributed by atoms with Crippen LogP contribution in [-0.4, -0.2) is 43.5 Å². The van der Waals surface area contributed by atoms with Gasteiger partial charge in [-0.05, 0) is 37.5 Å². The summed E-state index contributed by atoms with van der Waals surface area (Å²) in [6.45, 7) is 2.20. The van der Waals surface area contributed by atoms with E-state index < -0.39 is 5.97 Å². The minimum absolute atomic E-state index is 0.160. The van der Waals surface area contributed by atoms with Crippen molar-refractivity contribution in [2.45, 2.75) is 25.7 Å². The van der Waals surface area contributed by atoms with Crippen LogP contribution in [0.4, 0.5) is 5.69 Å². The van der Waals surface area contributed by atoms with Gasteiger partial charge in [0.2, 0.25) is 5.91 Å². The SMILES string of the molecule is COC(=O)c1ccc(Cl)c(NCCC(=O)N2CCCCC2)c1. The zero-order chi connectivity index (χ0) is 15.9. The van der Waals surface area contributed by atoms with Gasteiger partial charge in [-0.2, -0.15) is 0 Å². The van der Waals surface area contributed by atoms with Gasteiger partial charge in [0.15, 0.2) is 0 Å². The van der Waals surface area contributed by atoms with E-state index in [1.54, 1.807) is 18.2 Å². The molecular weight excluding hydrogens is 304 g/mol. The Bertz CT molecular complexity index is 542. The predicted molar refractivity (Wildman–Crippen MR) is 86.3 cm³/mol. The van der Waals surface area contributed by atoms with E-state index in [1.165, 1.54) is 13.5 Å². The molecule has 0 unspecified atom stereocenters. The molecule has 1 aliphatic rings. The van der Waals surface area contributed by atoms with Gasteiger partial charge in [0.1, 0.15) is 0 Å². The second kappa shape index (κ2) is 8.03. The number of ether oxygens (including phenoxy) is 1. The number of likely N-dealkylation sites (tertiary alicyclic amines) is 1. The minimum Gasteiger partial charge on any atom is -0.465 e. The summed E-state index contributed by atoms with van der Waals surface area (Å²) >= 11 is 6.10. The van der Waals surface area contributed by atoms with Crippen molar-refractivity contribution in [1.82, 2.24) is 4.90 Å². The second-order valence-electron chi connectivity index (χ2n) is 5.30. The molecule has 5 nitrogen and oxygen atoms in total. The number of piperidine rings is 1. The van der Waals surface area contributed by atoms with Crippen LogP contribution in [0.2, 0.25) is 5.02 Å². The number of esters is 1. The third-order valence-electron chi connectivity index (χ3n) is 3.75. The van der Waals surface area contributed by atoms with Crippen LogP contribution < -0.4 is 5.32 Å². The van der Waals surface area contributed by atoms with Gasteiger partial charge in [-0.1, -0.05) is 11.6 Å². The van der Waals surface area contributed by atoms with Crippen LogP contribution in [0.5, 0.6) is 0 Å². The molecule has 1 heterocycles. The fourth-order valence-electron chi connectivity index (χ4n) is 2.51. The van der Waals surface area contributed by atoms with Crippen molar-refractivity contribution in [2.75, 3.05) is 32.1 Å². The van der Waals surface area contributed by atoms with Crippen LogP contribution >= 0.6 is 11.6 Å². The van der Waals surface area contributed by atoms with E-state index in [4.69, 9.17) is 11.6 Å². The molecule has 1 aromatic rings. The van der Waals surface area contributed by atoms with Gasteiger partial charge < -0.3 is 15.0 Å². The van der Waals surface area contributed by atoms with Crippen LogP contribution in [0.3, 0.4) is 0 Å². The largest absolute Gasteiger partial charge is 0.465 e. The topological polar surface area (TPSA) is 58.6 Å². The number of nitrogens with one attached hydrogen (secondary N) is 1. The first-order valence-corrected chi connectivity index (χ1v) is 7.89. The Hall–Kier alpha value is -1.75. The zero-order valence-corrected chi connectivity index (χ0v) is 13.5. The number of carbonyl (C=O) groups excluding carboxylic acids is 2. The molecule has 0 radical (unpaired) electrons. The number of hydrogen-bond donors (Lipinski definition) is 1. The van der Waals surface area contributed by atoms with E-state index in [0.29, 0.717) is 29.2 Å². The van der Waals surface area contributed by atoms with Gasteiger partial charge in [-0.3, -0.25) is 4.79 Å². The lowest BCUT2D eigenvalue weighted by Gasteiger charge is -2.26. The Balaban J connectivity index is 1.88. The number of methoxy groups -OCH3 is 1. The van der Waals surface area contributed by atoms with Crippen molar-refractivity contribution in [3.63, 3.8) is 0 Å². The van der Waals surface area contributed by atoms with Gasteiger partial charge in [0.25, 0.3) is 0 Å². The summed E-state index contributed by atoms with van der Waals surface area (Å²) in [5.74, 6) is -0.253. The molecule has 0 bridgehead atoms. The maximum atomic E-state index is 12.1. The van der Waals surface area contributed by atoms with Crippen LogP contribution in [-0.2, 0) is 9.53 Å². The van der Waals surface area contributed by atoms with E-state index in [1.807, 2.05) is 4.90 Å². The van der Waals surface area contributed by atoms with Gasteiger partial charge in [-0.25, -0.2) is 4.79 Å². The number of carbonyl (C=O) groups is 2. The zero-order valence-electron chi connectivity index (χ0n) is 12.7. The average molecular weight is 325 g/mol. The fraction of sp³-hybridized carbons (Fsp3) is 0.500. The minimum atomic E-state index is -0.413. The molecule has 22 heavy (non-hydrogen) atoms. The predicted octanol–water partition coefficient (Wildman–Crippen LogP) is 2.94. The highest BCUT2D eigenvalue weighted by Gasteiger charge is 2.16. The maximum absolute atomic E-state index is 12.1. The highest BCUT2D eigenvalue weighted by atomic mass is 35.5. The molecule has 0 aromatic heterocycles. The van der Waals surface area contributed by atoms with Crippen molar-refractivity contribution >= 4 is 29.2 Å². The van der Waals surface area contributed by atoms with Crippen molar-refractivity contribution in [2.24, 2.45) is 0 Å². The Morgan fingerprint density at radius 2 is 2.00 bits per heavy atom. The Labute approximate surface area is 135 Å². The summed E-state index contributed by atoms with van der Waals surface area (Å²) in [5.41, 5.74) is 1.06. The van der Waals surface area contributed by atoms with Crippen LogP contribution in [0, 0.1) is 0 Å². The fourth-order valence-corrected chi connectivity index (χ4v) is 2.70. The lowest BCUT2D eigenvalue weighted by atomic mass is 10.1. The summed E-state index contributed by atoms with van der Waals surface area (Å²) in [5, 5.41) is 3.63. The maximum Gasteiger partial charge on any atom is 0.337 e. The molecule has 1 aliphatic heterocycles. The van der Waals surface area contributed by atoms with Gasteiger partial charge in [-0.15, -0.1) is 0 Å². The first-order chi connectivity index (χ1) is 10.6. The smallest absolute Gasteiger partial charge is 0.337 e. The Morgan fingerprint density at radius 1 is 1.27 bits per heavy atom. The van der Waals surface area contributed by atoms with Gasteiger partial charge in [0, 0.05) is 26.1 Å². The molecule has 120 valence electrons. The number of halogens is 1. The molecular formula is C16H21ClN2O3. The van der Waals surface area contributed by atoms with E-state index in [-0.39, 0.29) is 5.91 Å². The van der Waals surface area contributed by atoms with Crippen LogP contribution in [0.25, 0.3) is 0 Å². The van der Waals surface area contributed by atoms with E-state index in [9.17, 15) is 9.59 Å². The Morgan fingerprint density at radius 3 is 2.68 bits per heavy atom. The third-order valence-corrected chi connectivity index (χ3v) is 4.08. The molecule has 1 fully saturated rings. The van der Waals surface area contributed by atoms with Crippen molar-refractivity contribution in [1.29, 1.82) is 0 Å². The van der Waals surface area contributed by atoms with E-state index >= 15 is 0 Å². The first kappa shape index (κ1) is 16.6. The van der Waals surface area contributed by atoms with E-state index in [0.717, 1.165) is 25.9 Å². The summed E-state index contributed by atoms with van der Waals surface area (Å²) in [7, 11) is 1.33. The number of rotatable bonds is 5. The first-order valence-electron chi connectivity index (χ1n) is 7.51. The lowest BCUT2D eigenvalue weighted by molar-refractivity contribution is -0.131. The number of anilines is 1. The normalized spacial score (nSPS) is 14.5. The highest BCUT2D eigenvalue weighted by molar-refractivity contribution is 6.33. The molecule has 0 spiro atoms. The quantitative estimate of drug-likeness (QED) is 0.846. The molecule has 0 saturated carbocycles. The van der Waals surface area contributed by atoms with Gasteiger partial charge in [0.05, 0.1) is 23.4 Å². The van der Waals surface area contributed by atoms with E-state index in [2.05, 4.69) is 10.1 Å². The summed E-state index contributed by atoms with van der Waals surface area (Å²) in [6, 6.07) is 4.89.